The lowest BCUT2D eigenvalue weighted by molar-refractivity contribution is -0.140. The maximum absolute atomic E-state index is 13.2. The molecule has 0 saturated carbocycles. The molecule has 0 aliphatic heterocycles. The van der Waals surface area contributed by atoms with E-state index in [1.165, 1.54) is 6.20 Å². The van der Waals surface area contributed by atoms with Crippen molar-refractivity contribution < 1.29 is 22.4 Å². The van der Waals surface area contributed by atoms with Crippen LogP contribution in [0.4, 0.5) is 17.6 Å². The molecule has 0 unspecified atom stereocenters. The maximum Gasteiger partial charge on any atom is 0.419 e. The van der Waals surface area contributed by atoms with Gasteiger partial charge in [-0.2, -0.15) is 13.2 Å². The lowest BCUT2D eigenvalue weighted by Crippen LogP contribution is -2.13. The Kier molecular flexibility index (Phi) is 4.11. The van der Waals surface area contributed by atoms with E-state index in [0.29, 0.717) is 24.5 Å². The molecule has 21 heavy (non-hydrogen) atoms. The summed E-state index contributed by atoms with van der Waals surface area (Å²) in [6, 6.07) is 2.24. The fraction of sp³-hybridized carbons (Fsp3) is 0.286. The van der Waals surface area contributed by atoms with Crippen LogP contribution in [-0.4, -0.2) is 15.3 Å². The van der Waals surface area contributed by atoms with Gasteiger partial charge in [0.05, 0.1) is 12.0 Å². The number of hydrogen-bond acceptors (Lipinski definition) is 2. The van der Waals surface area contributed by atoms with E-state index < -0.39 is 23.3 Å². The topological polar surface area (TPSA) is 34.9 Å². The number of Topliss-reactive ketones (excluding diaryl/α,β-unsaturated/α-hetero) is 1. The average molecular weight is 300 g/mol. The van der Waals surface area contributed by atoms with Crippen molar-refractivity contribution in [3.05, 3.63) is 53.4 Å². The van der Waals surface area contributed by atoms with Gasteiger partial charge in [0.2, 0.25) is 0 Å². The van der Waals surface area contributed by atoms with Gasteiger partial charge < -0.3 is 4.57 Å². The number of alkyl halides is 3. The van der Waals surface area contributed by atoms with Crippen molar-refractivity contribution in [2.24, 2.45) is 0 Å². The minimum Gasteiger partial charge on any atom is -0.335 e. The van der Waals surface area contributed by atoms with Crippen LogP contribution in [0.1, 0.15) is 28.7 Å². The zero-order chi connectivity index (χ0) is 15.6. The normalized spacial score (nSPS) is 11.7. The van der Waals surface area contributed by atoms with Gasteiger partial charge in [-0.1, -0.05) is 0 Å². The first-order valence-corrected chi connectivity index (χ1v) is 6.23. The molecule has 112 valence electrons. The molecule has 0 aliphatic rings. The molecule has 3 nitrogen and oxygen atoms in total. The Hall–Kier alpha value is -2.18. The minimum atomic E-state index is -4.83. The van der Waals surface area contributed by atoms with E-state index in [4.69, 9.17) is 0 Å². The molecule has 2 rings (SSSR count). The summed E-state index contributed by atoms with van der Waals surface area (Å²) in [4.78, 5) is 16.0. The number of aromatic nitrogens is 2. The van der Waals surface area contributed by atoms with E-state index in [1.54, 1.807) is 10.8 Å². The van der Waals surface area contributed by atoms with Crippen molar-refractivity contribution in [1.29, 1.82) is 0 Å². The third kappa shape index (κ3) is 3.29. The molecule has 1 heterocycles. The number of hydrogen-bond donors (Lipinski definition) is 0. The van der Waals surface area contributed by atoms with Crippen molar-refractivity contribution in [3.63, 3.8) is 0 Å². The van der Waals surface area contributed by atoms with E-state index in [1.807, 2.05) is 6.92 Å². The molecule has 0 bridgehead atoms. The number of imidazole rings is 1. The van der Waals surface area contributed by atoms with Gasteiger partial charge in [0.1, 0.15) is 11.6 Å². The second kappa shape index (κ2) is 5.67. The van der Waals surface area contributed by atoms with Gasteiger partial charge in [-0.05, 0) is 25.1 Å². The average Bonchev–Trinajstić information content (AvgIpc) is 2.85. The first-order chi connectivity index (χ1) is 9.82. The number of aryl methyl sites for hydroxylation is 1. The molecule has 0 aliphatic carbocycles. The summed E-state index contributed by atoms with van der Waals surface area (Å²) in [5.41, 5.74) is -1.62. The number of nitrogens with zero attached hydrogens (tertiary/aromatic N) is 2. The minimum absolute atomic E-state index is 0.135. The highest BCUT2D eigenvalue weighted by molar-refractivity contribution is 5.97. The molecule has 0 fully saturated rings. The number of rotatable bonds is 4. The molecule has 0 radical (unpaired) electrons. The third-order valence-corrected chi connectivity index (χ3v) is 3.05. The second-order valence-electron chi connectivity index (χ2n) is 4.42. The van der Waals surface area contributed by atoms with Crippen LogP contribution in [0.5, 0.6) is 0 Å². The molecule has 1 aromatic heterocycles. The van der Waals surface area contributed by atoms with Gasteiger partial charge in [0, 0.05) is 24.5 Å². The van der Waals surface area contributed by atoms with Gasteiger partial charge >= 0.3 is 6.18 Å². The van der Waals surface area contributed by atoms with Crippen molar-refractivity contribution in [2.75, 3.05) is 0 Å². The van der Waals surface area contributed by atoms with E-state index in [-0.39, 0.29) is 12.0 Å². The summed E-state index contributed by atoms with van der Waals surface area (Å²) in [5.74, 6) is -1.48. The van der Waals surface area contributed by atoms with Gasteiger partial charge in [-0.25, -0.2) is 9.37 Å². The highest BCUT2D eigenvalue weighted by atomic mass is 19.4. The molecule has 0 amide bonds. The molecule has 1 aromatic carbocycles. The highest BCUT2D eigenvalue weighted by Crippen LogP contribution is 2.32. The second-order valence-corrected chi connectivity index (χ2v) is 4.42. The molecule has 0 N–H and O–H groups in total. The zero-order valence-electron chi connectivity index (χ0n) is 11.1. The van der Waals surface area contributed by atoms with E-state index >= 15 is 0 Å². The van der Waals surface area contributed by atoms with Crippen molar-refractivity contribution in [2.45, 2.75) is 26.1 Å². The molecule has 0 atom stereocenters. The van der Waals surface area contributed by atoms with Crippen molar-refractivity contribution in [3.8, 4) is 0 Å². The van der Waals surface area contributed by atoms with Crippen LogP contribution >= 0.6 is 0 Å². The first kappa shape index (κ1) is 15.2. The number of carbonyl (C=O) groups is 1. The fourth-order valence-corrected chi connectivity index (χ4v) is 1.96. The summed E-state index contributed by atoms with van der Waals surface area (Å²) in [5, 5.41) is 0. The SMILES string of the molecule is CCn1ccnc1CC(=O)c1ccc(F)c(C(F)(F)F)c1. The lowest BCUT2D eigenvalue weighted by Gasteiger charge is -2.10. The maximum atomic E-state index is 13.2. The molecular formula is C14H12F4N2O. The largest absolute Gasteiger partial charge is 0.419 e. The molecule has 7 heteroatoms. The summed E-state index contributed by atoms with van der Waals surface area (Å²) < 4.78 is 52.8. The van der Waals surface area contributed by atoms with E-state index in [2.05, 4.69) is 4.98 Å². The monoisotopic (exact) mass is 300 g/mol. The van der Waals surface area contributed by atoms with Crippen molar-refractivity contribution >= 4 is 5.78 Å². The van der Waals surface area contributed by atoms with Gasteiger partial charge in [-0.3, -0.25) is 4.79 Å². The van der Waals surface area contributed by atoms with Crippen LogP contribution < -0.4 is 0 Å². The quantitative estimate of drug-likeness (QED) is 0.640. The lowest BCUT2D eigenvalue weighted by atomic mass is 10.0. The van der Waals surface area contributed by atoms with Crippen LogP contribution in [0.15, 0.2) is 30.6 Å². The standard InChI is InChI=1S/C14H12F4N2O/c1-2-20-6-5-19-13(20)8-12(21)9-3-4-11(15)10(7-9)14(16,17)18/h3-7H,2,8H2,1H3. The molecule has 0 spiro atoms. The van der Waals surface area contributed by atoms with Crippen LogP contribution in [0.3, 0.4) is 0 Å². The first-order valence-electron chi connectivity index (χ1n) is 6.23. The Morgan fingerprint density at radius 1 is 1.33 bits per heavy atom. The predicted molar refractivity (Wildman–Crippen MR) is 67.3 cm³/mol. The Labute approximate surface area is 118 Å². The van der Waals surface area contributed by atoms with E-state index in [9.17, 15) is 22.4 Å². The fourth-order valence-electron chi connectivity index (χ4n) is 1.96. The Balaban J connectivity index is 2.28. The third-order valence-electron chi connectivity index (χ3n) is 3.05. The summed E-state index contributed by atoms with van der Waals surface area (Å²) in [6.07, 6.45) is -1.78. The van der Waals surface area contributed by atoms with Gasteiger partial charge in [0.15, 0.2) is 5.78 Å². The Bertz CT molecular complexity index is 661. The number of carbonyl (C=O) groups excluding carboxylic acids is 1. The molecule has 0 saturated heterocycles. The summed E-state index contributed by atoms with van der Waals surface area (Å²) in [6.45, 7) is 2.45. The van der Waals surface area contributed by atoms with Gasteiger partial charge in [-0.15, -0.1) is 0 Å². The molecular weight excluding hydrogens is 288 g/mol. The van der Waals surface area contributed by atoms with Crippen LogP contribution in [0.2, 0.25) is 0 Å². The summed E-state index contributed by atoms with van der Waals surface area (Å²) in [7, 11) is 0. The number of ketones is 1. The molecule has 2 aromatic rings. The Morgan fingerprint density at radius 3 is 2.67 bits per heavy atom. The van der Waals surface area contributed by atoms with Crippen LogP contribution in [0, 0.1) is 5.82 Å². The van der Waals surface area contributed by atoms with Crippen LogP contribution in [0.25, 0.3) is 0 Å². The van der Waals surface area contributed by atoms with Crippen molar-refractivity contribution in [1.82, 2.24) is 9.55 Å². The number of halogens is 4. The zero-order valence-corrected chi connectivity index (χ0v) is 11.1. The highest BCUT2D eigenvalue weighted by Gasteiger charge is 2.34. The Morgan fingerprint density at radius 2 is 2.05 bits per heavy atom. The van der Waals surface area contributed by atoms with Gasteiger partial charge in [0.25, 0.3) is 0 Å². The van der Waals surface area contributed by atoms with Crippen LogP contribution in [-0.2, 0) is 19.1 Å². The smallest absolute Gasteiger partial charge is 0.335 e. The van der Waals surface area contributed by atoms with E-state index in [0.717, 1.165) is 6.07 Å². The summed E-state index contributed by atoms with van der Waals surface area (Å²) >= 11 is 0. The predicted octanol–water partition coefficient (Wildman–Crippen LogP) is 3.49. The number of benzene rings is 1.